The zero-order chi connectivity index (χ0) is 15.0. The molecule has 0 aliphatic carbocycles. The number of aromatic nitrogens is 1. The van der Waals surface area contributed by atoms with E-state index in [2.05, 4.69) is 21.1 Å². The average molecular weight is 384 g/mol. The number of hydrogen-bond donors (Lipinski definition) is 1. The molecule has 0 aliphatic heterocycles. The van der Waals surface area contributed by atoms with E-state index in [1.807, 2.05) is 24.3 Å². The fraction of sp³-hybridized carbons (Fsp3) is 0. The smallest absolute Gasteiger partial charge is 0.179 e. The van der Waals surface area contributed by atoms with E-state index in [0.29, 0.717) is 26.9 Å². The van der Waals surface area contributed by atoms with Gasteiger partial charge in [-0.2, -0.15) is 0 Å². The molecule has 21 heavy (non-hydrogen) atoms. The van der Waals surface area contributed by atoms with Gasteiger partial charge in [0.1, 0.15) is 0 Å². The van der Waals surface area contributed by atoms with E-state index >= 15 is 0 Å². The summed E-state index contributed by atoms with van der Waals surface area (Å²) in [5, 5.41) is 4.81. The van der Waals surface area contributed by atoms with Crippen molar-refractivity contribution in [3.05, 3.63) is 57.0 Å². The minimum absolute atomic E-state index is 0.285. The summed E-state index contributed by atoms with van der Waals surface area (Å²) in [6.07, 6.45) is 0. The predicted octanol–water partition coefficient (Wildman–Crippen LogP) is 5.66. The minimum Gasteiger partial charge on any atom is -0.380 e. The standard InChI is InChI=1S/C15H9BrCl2N2O/c16-9-5-2-1-4-8(9)12-14(21-20-15(12)19)13-10(17)6-3-7-11(13)18/h1-7H,(H2,19,20). The van der Waals surface area contributed by atoms with Gasteiger partial charge in [0.05, 0.1) is 21.2 Å². The monoisotopic (exact) mass is 382 g/mol. The largest absolute Gasteiger partial charge is 0.380 e. The molecule has 0 radical (unpaired) electrons. The van der Waals surface area contributed by atoms with Crippen LogP contribution in [0.1, 0.15) is 0 Å². The quantitative estimate of drug-likeness (QED) is 0.621. The van der Waals surface area contributed by atoms with Crippen LogP contribution in [0.2, 0.25) is 10.0 Å². The highest BCUT2D eigenvalue weighted by Gasteiger charge is 2.23. The second-order valence-corrected chi connectivity index (χ2v) is 6.02. The highest BCUT2D eigenvalue weighted by atomic mass is 79.9. The van der Waals surface area contributed by atoms with E-state index in [4.69, 9.17) is 33.5 Å². The van der Waals surface area contributed by atoms with Gasteiger partial charge in [-0.05, 0) is 18.2 Å². The van der Waals surface area contributed by atoms with Gasteiger partial charge in [0.15, 0.2) is 11.6 Å². The summed E-state index contributed by atoms with van der Waals surface area (Å²) < 4.78 is 6.27. The second-order valence-electron chi connectivity index (χ2n) is 4.35. The fourth-order valence-corrected chi connectivity index (χ4v) is 3.16. The predicted molar refractivity (Wildman–Crippen MR) is 89.5 cm³/mol. The van der Waals surface area contributed by atoms with E-state index < -0.39 is 0 Å². The molecule has 1 heterocycles. The van der Waals surface area contributed by atoms with Gasteiger partial charge < -0.3 is 10.3 Å². The van der Waals surface area contributed by atoms with E-state index in [1.54, 1.807) is 18.2 Å². The number of nitrogens with two attached hydrogens (primary N) is 1. The molecule has 2 N–H and O–H groups in total. The van der Waals surface area contributed by atoms with E-state index in [1.165, 1.54) is 0 Å². The van der Waals surface area contributed by atoms with Gasteiger partial charge >= 0.3 is 0 Å². The molecule has 0 fully saturated rings. The number of hydrogen-bond acceptors (Lipinski definition) is 3. The molecule has 3 rings (SSSR count). The maximum absolute atomic E-state index is 6.25. The third-order valence-electron chi connectivity index (χ3n) is 3.05. The molecule has 0 spiro atoms. The Labute approximate surface area is 139 Å². The highest BCUT2D eigenvalue weighted by Crippen LogP contribution is 2.44. The number of anilines is 1. The van der Waals surface area contributed by atoms with Crippen molar-refractivity contribution in [3.63, 3.8) is 0 Å². The van der Waals surface area contributed by atoms with Crippen LogP contribution in [0, 0.1) is 0 Å². The Morgan fingerprint density at radius 3 is 2.29 bits per heavy atom. The Morgan fingerprint density at radius 2 is 1.62 bits per heavy atom. The molecule has 0 amide bonds. The first-order chi connectivity index (χ1) is 10.1. The van der Waals surface area contributed by atoms with Crippen LogP contribution in [0.3, 0.4) is 0 Å². The molecular formula is C15H9BrCl2N2O. The van der Waals surface area contributed by atoms with Crippen molar-refractivity contribution in [2.45, 2.75) is 0 Å². The maximum Gasteiger partial charge on any atom is 0.179 e. The van der Waals surface area contributed by atoms with E-state index in [9.17, 15) is 0 Å². The number of benzene rings is 2. The number of rotatable bonds is 2. The number of halogens is 3. The molecule has 2 aromatic carbocycles. The minimum atomic E-state index is 0.285. The van der Waals surface area contributed by atoms with Crippen LogP contribution in [0.25, 0.3) is 22.5 Å². The Morgan fingerprint density at radius 1 is 0.952 bits per heavy atom. The van der Waals surface area contributed by atoms with Crippen LogP contribution < -0.4 is 5.73 Å². The zero-order valence-corrected chi connectivity index (χ0v) is 13.7. The van der Waals surface area contributed by atoms with E-state index in [0.717, 1.165) is 10.0 Å². The van der Waals surface area contributed by atoms with Gasteiger partial charge in [-0.3, -0.25) is 0 Å². The molecule has 0 saturated carbocycles. The first-order valence-corrected chi connectivity index (χ1v) is 7.59. The lowest BCUT2D eigenvalue weighted by molar-refractivity contribution is 0.436. The average Bonchev–Trinajstić information content (AvgIpc) is 2.81. The summed E-state index contributed by atoms with van der Waals surface area (Å²) in [5.41, 5.74) is 8.07. The van der Waals surface area contributed by atoms with Crippen LogP contribution in [0.15, 0.2) is 51.5 Å². The molecular weight excluding hydrogens is 375 g/mol. The molecule has 3 nitrogen and oxygen atoms in total. The normalized spacial score (nSPS) is 10.8. The first kappa shape index (κ1) is 14.4. The third kappa shape index (κ3) is 2.55. The van der Waals surface area contributed by atoms with Crippen molar-refractivity contribution in [1.29, 1.82) is 0 Å². The van der Waals surface area contributed by atoms with Crippen LogP contribution in [-0.4, -0.2) is 5.16 Å². The van der Waals surface area contributed by atoms with E-state index in [-0.39, 0.29) is 5.82 Å². The van der Waals surface area contributed by atoms with Crippen molar-refractivity contribution in [2.75, 3.05) is 5.73 Å². The molecule has 3 aromatic rings. The van der Waals surface area contributed by atoms with Crippen molar-refractivity contribution in [3.8, 4) is 22.5 Å². The summed E-state index contributed by atoms with van der Waals surface area (Å²) >= 11 is 16.0. The number of nitrogen functional groups attached to an aromatic ring is 1. The van der Waals surface area contributed by atoms with Crippen molar-refractivity contribution < 1.29 is 4.52 Å². The molecule has 0 unspecified atom stereocenters. The van der Waals surface area contributed by atoms with Gasteiger partial charge in [-0.25, -0.2) is 0 Å². The Bertz CT molecular complexity index is 797. The fourth-order valence-electron chi connectivity index (χ4n) is 2.11. The Kier molecular flexibility index (Phi) is 3.93. The van der Waals surface area contributed by atoms with Crippen LogP contribution in [0.5, 0.6) is 0 Å². The Hall–Kier alpha value is -1.49. The summed E-state index contributed by atoms with van der Waals surface area (Å²) in [6, 6.07) is 12.9. The lowest BCUT2D eigenvalue weighted by Crippen LogP contribution is -1.90. The molecule has 6 heteroatoms. The molecule has 0 saturated heterocycles. The topological polar surface area (TPSA) is 52.0 Å². The van der Waals surface area contributed by atoms with Crippen molar-refractivity contribution >= 4 is 44.9 Å². The van der Waals surface area contributed by atoms with Crippen LogP contribution in [-0.2, 0) is 0 Å². The summed E-state index contributed by atoms with van der Waals surface area (Å²) in [6.45, 7) is 0. The van der Waals surface area contributed by atoms with Crippen molar-refractivity contribution in [2.24, 2.45) is 0 Å². The summed E-state index contributed by atoms with van der Waals surface area (Å²) in [7, 11) is 0. The maximum atomic E-state index is 6.25. The molecule has 0 bridgehead atoms. The van der Waals surface area contributed by atoms with Crippen LogP contribution in [0.4, 0.5) is 5.82 Å². The van der Waals surface area contributed by atoms with Gasteiger partial charge in [-0.1, -0.05) is 68.6 Å². The van der Waals surface area contributed by atoms with Gasteiger partial charge in [0.25, 0.3) is 0 Å². The lowest BCUT2D eigenvalue weighted by atomic mass is 10.0. The molecule has 1 aromatic heterocycles. The molecule has 0 atom stereocenters. The second kappa shape index (κ2) is 5.72. The zero-order valence-electron chi connectivity index (χ0n) is 10.6. The van der Waals surface area contributed by atoms with Crippen molar-refractivity contribution in [1.82, 2.24) is 5.16 Å². The summed E-state index contributed by atoms with van der Waals surface area (Å²) in [4.78, 5) is 0. The van der Waals surface area contributed by atoms with Gasteiger partial charge in [0, 0.05) is 10.0 Å². The highest BCUT2D eigenvalue weighted by molar-refractivity contribution is 9.10. The Balaban J connectivity index is 2.31. The number of nitrogens with zero attached hydrogens (tertiary/aromatic N) is 1. The molecule has 0 aliphatic rings. The molecule has 106 valence electrons. The third-order valence-corrected chi connectivity index (χ3v) is 4.37. The van der Waals surface area contributed by atoms with Crippen LogP contribution >= 0.6 is 39.1 Å². The lowest BCUT2D eigenvalue weighted by Gasteiger charge is -2.07. The first-order valence-electron chi connectivity index (χ1n) is 6.04. The van der Waals surface area contributed by atoms with Gasteiger partial charge in [-0.15, -0.1) is 0 Å². The van der Waals surface area contributed by atoms with Gasteiger partial charge in [0.2, 0.25) is 0 Å². The summed E-state index contributed by atoms with van der Waals surface area (Å²) in [5.74, 6) is 0.739. The SMILES string of the molecule is Nc1noc(-c2c(Cl)cccc2Cl)c1-c1ccccc1Br.